The van der Waals surface area contributed by atoms with Gasteiger partial charge in [-0.25, -0.2) is 8.78 Å². The van der Waals surface area contributed by atoms with Crippen LogP contribution in [0.1, 0.15) is 33.9 Å². The Morgan fingerprint density at radius 1 is 1.18 bits per heavy atom. The zero-order valence-corrected chi connectivity index (χ0v) is 22.4. The molecule has 0 amide bonds. The first-order valence-electron chi connectivity index (χ1n) is 12.4. The van der Waals surface area contributed by atoms with Crippen molar-refractivity contribution in [2.45, 2.75) is 37.1 Å². The highest BCUT2D eigenvalue weighted by molar-refractivity contribution is 7.99. The van der Waals surface area contributed by atoms with E-state index in [0.717, 1.165) is 23.8 Å². The third kappa shape index (κ3) is 5.13. The van der Waals surface area contributed by atoms with Crippen molar-refractivity contribution in [1.82, 2.24) is 20.1 Å². The molecule has 210 valence electrons. The van der Waals surface area contributed by atoms with Gasteiger partial charge in [0, 0.05) is 48.2 Å². The highest BCUT2D eigenvalue weighted by Crippen LogP contribution is 2.42. The number of nitrogens with zero attached hydrogens (tertiary/aromatic N) is 2. The van der Waals surface area contributed by atoms with Crippen LogP contribution in [0.15, 0.2) is 58.6 Å². The number of rotatable bonds is 8. The van der Waals surface area contributed by atoms with Crippen LogP contribution in [-0.4, -0.2) is 34.2 Å². The van der Waals surface area contributed by atoms with E-state index < -0.39 is 40.9 Å². The molecule has 2 N–H and O–H groups in total. The van der Waals surface area contributed by atoms with Crippen molar-refractivity contribution in [3.63, 3.8) is 0 Å². The van der Waals surface area contributed by atoms with Gasteiger partial charge in [-0.3, -0.25) is 14.5 Å². The number of ether oxygens (including phenoxy) is 1. The number of hydrogen-bond donors (Lipinski definition) is 2. The van der Waals surface area contributed by atoms with E-state index >= 15 is 4.39 Å². The van der Waals surface area contributed by atoms with Crippen molar-refractivity contribution in [3.05, 3.63) is 98.6 Å². The second kappa shape index (κ2) is 11.1. The monoisotopic (exact) mass is 576 g/mol. The van der Waals surface area contributed by atoms with Crippen LogP contribution in [0.2, 0.25) is 0 Å². The molecule has 40 heavy (non-hydrogen) atoms. The van der Waals surface area contributed by atoms with Crippen LogP contribution in [0.4, 0.5) is 22.0 Å². The van der Waals surface area contributed by atoms with Gasteiger partial charge in [0.15, 0.2) is 11.6 Å². The maximum atomic E-state index is 15.5. The molecule has 0 spiro atoms. The minimum absolute atomic E-state index is 0.00221. The molecule has 0 saturated heterocycles. The summed E-state index contributed by atoms with van der Waals surface area (Å²) in [5.74, 6) is -1.40. The van der Waals surface area contributed by atoms with E-state index in [9.17, 15) is 22.4 Å². The predicted molar refractivity (Wildman–Crippen MR) is 142 cm³/mol. The van der Waals surface area contributed by atoms with Crippen LogP contribution in [0.3, 0.4) is 0 Å². The molecule has 12 heteroatoms. The van der Waals surface area contributed by atoms with Crippen LogP contribution >= 0.6 is 11.8 Å². The van der Waals surface area contributed by atoms with E-state index in [1.54, 1.807) is 19.3 Å². The molecular formula is C28H25F5N4O2S. The lowest BCUT2D eigenvalue weighted by molar-refractivity contribution is -0.138. The quantitative estimate of drug-likeness (QED) is 0.257. The van der Waals surface area contributed by atoms with Gasteiger partial charge in [0.2, 0.25) is 0 Å². The van der Waals surface area contributed by atoms with Crippen molar-refractivity contribution in [2.75, 3.05) is 19.4 Å². The van der Waals surface area contributed by atoms with E-state index in [0.29, 0.717) is 35.0 Å². The average molecular weight is 577 g/mol. The number of methoxy groups -OCH3 is 1. The molecule has 0 fully saturated rings. The fourth-order valence-corrected chi connectivity index (χ4v) is 6.43. The van der Waals surface area contributed by atoms with Crippen molar-refractivity contribution in [1.29, 1.82) is 0 Å². The van der Waals surface area contributed by atoms with Gasteiger partial charge >= 0.3 is 6.18 Å². The van der Waals surface area contributed by atoms with Crippen molar-refractivity contribution < 1.29 is 26.7 Å². The molecule has 1 aliphatic heterocycles. The Hall–Kier alpha value is -3.64. The summed E-state index contributed by atoms with van der Waals surface area (Å²) in [7, 11) is 1.30. The molecule has 5 rings (SSSR count). The van der Waals surface area contributed by atoms with Gasteiger partial charge in [-0.15, -0.1) is 11.8 Å². The van der Waals surface area contributed by atoms with E-state index in [2.05, 4.69) is 15.5 Å². The van der Waals surface area contributed by atoms with E-state index in [1.165, 1.54) is 41.6 Å². The highest BCUT2D eigenvalue weighted by atomic mass is 32.2. The maximum Gasteiger partial charge on any atom is 0.416 e. The summed E-state index contributed by atoms with van der Waals surface area (Å²) in [6.45, 7) is 2.40. The van der Waals surface area contributed by atoms with E-state index in [1.807, 2.05) is 0 Å². The van der Waals surface area contributed by atoms with Gasteiger partial charge in [-0.1, -0.05) is 18.2 Å². The number of aromatic amines is 1. The Morgan fingerprint density at radius 2 is 1.95 bits per heavy atom. The molecule has 1 atom stereocenters. The first-order chi connectivity index (χ1) is 19.1. The van der Waals surface area contributed by atoms with Gasteiger partial charge < -0.3 is 10.1 Å². The van der Waals surface area contributed by atoms with Gasteiger partial charge in [-0.05, 0) is 36.2 Å². The Balaban J connectivity index is 1.67. The van der Waals surface area contributed by atoms with Crippen LogP contribution in [0.5, 0.6) is 5.75 Å². The van der Waals surface area contributed by atoms with Crippen LogP contribution in [-0.2, 0) is 19.1 Å². The number of pyridine rings is 1. The molecule has 0 aliphatic carbocycles. The number of nitrogens with one attached hydrogen (secondary N) is 2. The fourth-order valence-electron chi connectivity index (χ4n) is 5.04. The molecule has 2 aromatic heterocycles. The lowest BCUT2D eigenvalue weighted by Gasteiger charge is -2.22. The number of halogens is 5. The molecule has 0 radical (unpaired) electrons. The molecule has 2 aromatic carbocycles. The molecule has 6 nitrogen and oxygen atoms in total. The number of hydrogen-bond acceptors (Lipinski definition) is 5. The van der Waals surface area contributed by atoms with Gasteiger partial charge in [-0.2, -0.15) is 18.3 Å². The standard InChI is InChI=1S/C28H25F5N4O2S/c1-15-19(9-20-21(28(31,32)33)6-4-7-22(20)29)27-37(17(14-40-27)13-34-10-16-11-35-36-12-16)26(38)24(15)18-5-3-8-23(39-2)25(18)30/h3-8,11-12,17,34H,9-10,13-14H2,1-2H3,(H,35,36). The molecular weight excluding hydrogens is 551 g/mol. The Bertz CT molecular complexity index is 1600. The van der Waals surface area contributed by atoms with Crippen molar-refractivity contribution in [2.24, 2.45) is 0 Å². The molecule has 0 saturated carbocycles. The Morgan fingerprint density at radius 3 is 2.65 bits per heavy atom. The summed E-state index contributed by atoms with van der Waals surface area (Å²) in [6.07, 6.45) is -1.82. The number of H-pyrrole nitrogens is 1. The number of benzene rings is 2. The normalized spacial score (nSPS) is 14.9. The summed E-state index contributed by atoms with van der Waals surface area (Å²) in [5.41, 5.74) is -0.596. The van der Waals surface area contributed by atoms with E-state index in [4.69, 9.17) is 4.74 Å². The molecule has 1 unspecified atom stereocenters. The third-order valence-corrected chi connectivity index (χ3v) is 8.28. The van der Waals surface area contributed by atoms with Crippen molar-refractivity contribution in [3.8, 4) is 16.9 Å². The van der Waals surface area contributed by atoms with Gasteiger partial charge in [0.05, 0.1) is 35.5 Å². The smallest absolute Gasteiger partial charge is 0.416 e. The zero-order chi connectivity index (χ0) is 28.6. The maximum absolute atomic E-state index is 15.5. The largest absolute Gasteiger partial charge is 0.494 e. The van der Waals surface area contributed by atoms with Crippen LogP contribution < -0.4 is 15.6 Å². The van der Waals surface area contributed by atoms with Crippen LogP contribution in [0.25, 0.3) is 11.1 Å². The summed E-state index contributed by atoms with van der Waals surface area (Å²) in [6, 6.07) is 6.82. The first-order valence-corrected chi connectivity index (χ1v) is 13.4. The van der Waals surface area contributed by atoms with Gasteiger partial charge in [0.1, 0.15) is 5.82 Å². The topological polar surface area (TPSA) is 71.9 Å². The number of alkyl halides is 3. The summed E-state index contributed by atoms with van der Waals surface area (Å²) in [4.78, 5) is 14.0. The highest BCUT2D eigenvalue weighted by Gasteiger charge is 2.36. The minimum Gasteiger partial charge on any atom is -0.494 e. The Labute approximate surface area is 230 Å². The average Bonchev–Trinajstić information content (AvgIpc) is 3.58. The SMILES string of the molecule is COc1cccc(-c2c(C)c(Cc3c(F)cccc3C(F)(F)F)c3n(c2=O)C(CNCc2cn[nH]c2)CS3)c1F. The first kappa shape index (κ1) is 27.9. The second-order valence-electron chi connectivity index (χ2n) is 9.42. The lowest BCUT2D eigenvalue weighted by Crippen LogP contribution is -2.33. The zero-order valence-electron chi connectivity index (χ0n) is 21.5. The molecule has 4 aromatic rings. The number of aromatic nitrogens is 3. The fraction of sp³-hybridized carbons (Fsp3) is 0.286. The number of fused-ring (bicyclic) bond motifs is 1. The molecule has 1 aliphatic rings. The van der Waals surface area contributed by atoms with Gasteiger partial charge in [0.25, 0.3) is 5.56 Å². The van der Waals surface area contributed by atoms with Crippen molar-refractivity contribution >= 4 is 11.8 Å². The second-order valence-corrected chi connectivity index (χ2v) is 10.4. The predicted octanol–water partition coefficient (Wildman–Crippen LogP) is 5.88. The summed E-state index contributed by atoms with van der Waals surface area (Å²) < 4.78 is 78.6. The third-order valence-electron chi connectivity index (χ3n) is 7.01. The molecule has 3 heterocycles. The van der Waals surface area contributed by atoms with E-state index in [-0.39, 0.29) is 22.9 Å². The summed E-state index contributed by atoms with van der Waals surface area (Å²) in [5, 5.41) is 10.3. The lowest BCUT2D eigenvalue weighted by atomic mass is 9.92. The van der Waals surface area contributed by atoms with Crippen LogP contribution in [0, 0.1) is 18.6 Å². The minimum atomic E-state index is -4.78. The Kier molecular flexibility index (Phi) is 7.74. The molecule has 0 bridgehead atoms. The number of thioether (sulfide) groups is 1. The summed E-state index contributed by atoms with van der Waals surface area (Å²) >= 11 is 1.32.